The molecule has 6 heteroatoms. The molecule has 0 amide bonds. The summed E-state index contributed by atoms with van der Waals surface area (Å²) in [5, 5.41) is 5.23. The van der Waals surface area contributed by atoms with Crippen molar-refractivity contribution in [3.05, 3.63) is 63.7 Å². The molecule has 0 saturated carbocycles. The number of hydrogen-bond acceptors (Lipinski definition) is 4. The summed E-state index contributed by atoms with van der Waals surface area (Å²) < 4.78 is 7.25. The van der Waals surface area contributed by atoms with Crippen LogP contribution < -0.4 is 15.5 Å². The van der Waals surface area contributed by atoms with Crippen LogP contribution in [0.4, 0.5) is 5.69 Å². The molecule has 0 aliphatic heterocycles. The lowest BCUT2D eigenvalue weighted by Gasteiger charge is -2.14. The van der Waals surface area contributed by atoms with Crippen molar-refractivity contribution in [3.63, 3.8) is 0 Å². The van der Waals surface area contributed by atoms with E-state index in [2.05, 4.69) is 14.9 Å². The Morgan fingerprint density at radius 2 is 2.08 bits per heavy atom. The lowest BCUT2D eigenvalue weighted by Crippen LogP contribution is -2.14. The lowest BCUT2D eigenvalue weighted by molar-refractivity contribution is 0.398. The van der Waals surface area contributed by atoms with Crippen LogP contribution in [0.2, 0.25) is 5.02 Å². The molecule has 1 aromatic carbocycles. The monoisotopic (exact) mass is 371 g/mol. The number of halogens is 1. The average Bonchev–Trinajstić information content (AvgIpc) is 2.63. The van der Waals surface area contributed by atoms with Crippen LogP contribution in [-0.2, 0) is 6.54 Å². The first-order valence-electron chi connectivity index (χ1n) is 8.62. The highest BCUT2D eigenvalue weighted by Gasteiger charge is 2.07. The number of aryl methyl sites for hydroxylation is 1. The van der Waals surface area contributed by atoms with Gasteiger partial charge in [-0.15, -0.1) is 0 Å². The first-order valence-corrected chi connectivity index (χ1v) is 9.00. The van der Waals surface area contributed by atoms with Gasteiger partial charge >= 0.3 is 0 Å². The van der Waals surface area contributed by atoms with Gasteiger partial charge in [0.25, 0.3) is 0 Å². The smallest absolute Gasteiger partial charge is 0.223 e. The highest BCUT2D eigenvalue weighted by Crippen LogP contribution is 2.24. The van der Waals surface area contributed by atoms with Gasteiger partial charge in [-0.2, -0.15) is 0 Å². The summed E-state index contributed by atoms with van der Waals surface area (Å²) in [6.07, 6.45) is 5.62. The number of aromatic nitrogens is 2. The summed E-state index contributed by atoms with van der Waals surface area (Å²) in [6.45, 7) is 3.61. The number of pyridine rings is 2. The van der Waals surface area contributed by atoms with E-state index in [-0.39, 0.29) is 5.43 Å². The fraction of sp³-hybridized carbons (Fsp3) is 0.300. The molecule has 0 aliphatic carbocycles. The number of ether oxygens (including phenoxy) is 1. The SMILES string of the molecule is COc1c(C)n(CCCCNc2ccnc3cc(Cl)ccc23)ccc1=O. The molecule has 0 saturated heterocycles. The van der Waals surface area contributed by atoms with Crippen LogP contribution in [-0.4, -0.2) is 23.2 Å². The van der Waals surface area contributed by atoms with Crippen LogP contribution >= 0.6 is 11.6 Å². The number of unbranched alkanes of at least 4 members (excludes halogenated alkanes) is 1. The summed E-state index contributed by atoms with van der Waals surface area (Å²) in [5.41, 5.74) is 2.74. The Morgan fingerprint density at radius 3 is 2.88 bits per heavy atom. The Bertz CT molecular complexity index is 969. The molecular weight excluding hydrogens is 350 g/mol. The van der Waals surface area contributed by atoms with Crippen molar-refractivity contribution < 1.29 is 4.74 Å². The predicted molar refractivity (Wildman–Crippen MR) is 106 cm³/mol. The van der Waals surface area contributed by atoms with Crippen molar-refractivity contribution in [2.75, 3.05) is 19.0 Å². The van der Waals surface area contributed by atoms with E-state index in [1.165, 1.54) is 7.11 Å². The molecule has 0 aliphatic rings. The molecule has 26 heavy (non-hydrogen) atoms. The molecule has 2 heterocycles. The third-order valence-corrected chi connectivity index (χ3v) is 4.67. The van der Waals surface area contributed by atoms with Crippen molar-refractivity contribution in [2.24, 2.45) is 0 Å². The summed E-state index contributed by atoms with van der Waals surface area (Å²) in [6, 6.07) is 9.27. The van der Waals surface area contributed by atoms with E-state index in [4.69, 9.17) is 16.3 Å². The molecule has 0 radical (unpaired) electrons. The van der Waals surface area contributed by atoms with E-state index in [0.717, 1.165) is 48.2 Å². The number of fused-ring (bicyclic) bond motifs is 1. The van der Waals surface area contributed by atoms with Crippen LogP contribution in [0.1, 0.15) is 18.5 Å². The number of hydrogen-bond donors (Lipinski definition) is 1. The number of benzene rings is 1. The van der Waals surface area contributed by atoms with Crippen molar-refractivity contribution in [1.29, 1.82) is 0 Å². The van der Waals surface area contributed by atoms with E-state index >= 15 is 0 Å². The zero-order valence-corrected chi connectivity index (χ0v) is 15.7. The van der Waals surface area contributed by atoms with Crippen LogP contribution in [0, 0.1) is 6.92 Å². The van der Waals surface area contributed by atoms with Gasteiger partial charge in [0.2, 0.25) is 5.43 Å². The Kier molecular flexibility index (Phi) is 5.78. The molecule has 0 unspecified atom stereocenters. The van der Waals surface area contributed by atoms with Gasteiger partial charge in [-0.25, -0.2) is 0 Å². The van der Waals surface area contributed by atoms with Gasteiger partial charge in [0, 0.05) is 47.6 Å². The molecule has 5 nitrogen and oxygen atoms in total. The first-order chi connectivity index (χ1) is 12.6. The van der Waals surface area contributed by atoms with Gasteiger partial charge in [-0.05, 0) is 44.0 Å². The molecule has 3 rings (SSSR count). The Hall–Kier alpha value is -2.53. The standard InChI is InChI=1S/C20H22ClN3O2/c1-14-20(26-2)19(25)8-12-24(14)11-4-3-9-22-17-7-10-23-18-13-15(21)5-6-16(17)18/h5-8,10,12-13H,3-4,9,11H2,1-2H3,(H,22,23). The average molecular weight is 372 g/mol. The second kappa shape index (κ2) is 8.23. The Labute approximate surface area is 157 Å². The molecule has 2 aromatic heterocycles. The molecule has 1 N–H and O–H groups in total. The summed E-state index contributed by atoms with van der Waals surface area (Å²) in [4.78, 5) is 16.1. The van der Waals surface area contributed by atoms with Crippen LogP contribution in [0.25, 0.3) is 10.9 Å². The van der Waals surface area contributed by atoms with Crippen LogP contribution in [0.3, 0.4) is 0 Å². The quantitative estimate of drug-likeness (QED) is 0.630. The lowest BCUT2D eigenvalue weighted by atomic mass is 10.2. The Balaban J connectivity index is 1.56. The van der Waals surface area contributed by atoms with Crippen molar-refractivity contribution in [1.82, 2.24) is 9.55 Å². The molecule has 0 bridgehead atoms. The largest absolute Gasteiger partial charge is 0.491 e. The van der Waals surface area contributed by atoms with Gasteiger partial charge < -0.3 is 14.6 Å². The number of methoxy groups -OCH3 is 1. The maximum atomic E-state index is 11.7. The number of rotatable bonds is 7. The topological polar surface area (TPSA) is 56.1 Å². The van der Waals surface area contributed by atoms with E-state index in [9.17, 15) is 4.79 Å². The third-order valence-electron chi connectivity index (χ3n) is 4.44. The summed E-state index contributed by atoms with van der Waals surface area (Å²) >= 11 is 6.03. The predicted octanol–water partition coefficient (Wildman–Crippen LogP) is 4.26. The van der Waals surface area contributed by atoms with Crippen molar-refractivity contribution >= 4 is 28.2 Å². The zero-order chi connectivity index (χ0) is 18.5. The second-order valence-corrected chi connectivity index (χ2v) is 6.58. The maximum Gasteiger partial charge on any atom is 0.223 e. The first kappa shape index (κ1) is 18.3. The number of nitrogens with zero attached hydrogens (tertiary/aromatic N) is 2. The summed E-state index contributed by atoms with van der Waals surface area (Å²) in [7, 11) is 1.53. The van der Waals surface area contributed by atoms with Gasteiger partial charge in [0.05, 0.1) is 18.3 Å². The van der Waals surface area contributed by atoms with E-state index < -0.39 is 0 Å². The molecule has 0 atom stereocenters. The minimum absolute atomic E-state index is 0.0763. The summed E-state index contributed by atoms with van der Waals surface area (Å²) in [5.74, 6) is 0.424. The molecule has 3 aromatic rings. The molecular formula is C20H22ClN3O2. The second-order valence-electron chi connectivity index (χ2n) is 6.15. The van der Waals surface area contributed by atoms with Crippen LogP contribution in [0.15, 0.2) is 47.5 Å². The highest BCUT2D eigenvalue weighted by molar-refractivity contribution is 6.31. The van der Waals surface area contributed by atoms with Crippen LogP contribution in [0.5, 0.6) is 5.75 Å². The minimum atomic E-state index is -0.0763. The minimum Gasteiger partial charge on any atom is -0.491 e. The zero-order valence-electron chi connectivity index (χ0n) is 15.0. The third kappa shape index (κ3) is 3.99. The van der Waals surface area contributed by atoms with Crippen molar-refractivity contribution in [3.8, 4) is 5.75 Å². The van der Waals surface area contributed by atoms with E-state index in [1.807, 2.05) is 37.4 Å². The number of nitrogens with one attached hydrogen (secondary N) is 1. The van der Waals surface area contributed by atoms with Gasteiger partial charge in [-0.3, -0.25) is 9.78 Å². The van der Waals surface area contributed by atoms with Crippen molar-refractivity contribution in [2.45, 2.75) is 26.3 Å². The van der Waals surface area contributed by atoms with E-state index in [1.54, 1.807) is 12.3 Å². The number of anilines is 1. The molecule has 0 spiro atoms. The maximum absolute atomic E-state index is 11.7. The highest BCUT2D eigenvalue weighted by atomic mass is 35.5. The molecule has 136 valence electrons. The fourth-order valence-corrected chi connectivity index (χ4v) is 3.22. The van der Waals surface area contributed by atoms with Gasteiger partial charge in [0.15, 0.2) is 5.75 Å². The van der Waals surface area contributed by atoms with Gasteiger partial charge in [0.1, 0.15) is 0 Å². The van der Waals surface area contributed by atoms with E-state index in [0.29, 0.717) is 10.8 Å². The molecule has 0 fully saturated rings. The van der Waals surface area contributed by atoms with Gasteiger partial charge in [-0.1, -0.05) is 11.6 Å². The normalized spacial score (nSPS) is 10.9. The fourth-order valence-electron chi connectivity index (χ4n) is 3.05. The Morgan fingerprint density at radius 1 is 1.23 bits per heavy atom.